The highest BCUT2D eigenvalue weighted by Crippen LogP contribution is 2.30. The van der Waals surface area contributed by atoms with Gasteiger partial charge in [0.1, 0.15) is 17.3 Å². The second kappa shape index (κ2) is 11.1. The number of nitrogens with zero attached hydrogens (tertiary/aromatic N) is 5. The molecule has 3 aromatic carbocycles. The highest BCUT2D eigenvalue weighted by Gasteiger charge is 2.30. The number of benzene rings is 3. The van der Waals surface area contributed by atoms with Crippen LogP contribution >= 0.6 is 0 Å². The molecule has 1 N–H and O–H groups in total. The molecule has 8 nitrogen and oxygen atoms in total. The predicted molar refractivity (Wildman–Crippen MR) is 145 cm³/mol. The van der Waals surface area contributed by atoms with Crippen LogP contribution in [0.15, 0.2) is 72.8 Å². The third-order valence-electron chi connectivity index (χ3n) is 6.45. The van der Waals surface area contributed by atoms with Gasteiger partial charge in [0.2, 0.25) is 5.91 Å². The number of rotatable bonds is 7. The van der Waals surface area contributed by atoms with Crippen molar-refractivity contribution in [2.75, 3.05) is 47.9 Å². The zero-order chi connectivity index (χ0) is 26.5. The van der Waals surface area contributed by atoms with Crippen LogP contribution in [0.1, 0.15) is 18.5 Å². The fraction of sp³-hybridized carbons (Fsp3) is 0.241. The van der Waals surface area contributed by atoms with Crippen LogP contribution in [0, 0.1) is 17.1 Å². The lowest BCUT2D eigenvalue weighted by atomic mass is 10.0. The number of para-hydroxylation sites is 3. The van der Waals surface area contributed by atoms with Gasteiger partial charge >= 0.3 is 0 Å². The van der Waals surface area contributed by atoms with E-state index < -0.39 is 11.8 Å². The van der Waals surface area contributed by atoms with Gasteiger partial charge in [0.15, 0.2) is 11.7 Å². The fourth-order valence-electron chi connectivity index (χ4n) is 4.56. The minimum absolute atomic E-state index is 0.261. The Hall–Kier alpha value is -4.71. The molecule has 192 valence electrons. The molecule has 0 aliphatic carbocycles. The Morgan fingerprint density at radius 1 is 0.974 bits per heavy atom. The van der Waals surface area contributed by atoms with E-state index >= 15 is 0 Å². The van der Waals surface area contributed by atoms with Gasteiger partial charge in [0.05, 0.1) is 29.4 Å². The Bertz CT molecular complexity index is 1480. The number of halogens is 1. The van der Waals surface area contributed by atoms with Crippen molar-refractivity contribution in [2.24, 2.45) is 0 Å². The highest BCUT2D eigenvalue weighted by molar-refractivity contribution is 5.98. The summed E-state index contributed by atoms with van der Waals surface area (Å²) in [6, 6.07) is 23.2. The van der Waals surface area contributed by atoms with Gasteiger partial charge in [-0.2, -0.15) is 5.26 Å². The molecule has 0 saturated carbocycles. The van der Waals surface area contributed by atoms with Gasteiger partial charge < -0.3 is 19.9 Å². The quantitative estimate of drug-likeness (QED) is 0.384. The van der Waals surface area contributed by atoms with Crippen molar-refractivity contribution in [3.63, 3.8) is 0 Å². The second-order valence-electron chi connectivity index (χ2n) is 8.86. The summed E-state index contributed by atoms with van der Waals surface area (Å²) in [5.74, 6) is -0.752. The highest BCUT2D eigenvalue weighted by atomic mass is 19.1. The minimum Gasteiger partial charge on any atom is -0.494 e. The van der Waals surface area contributed by atoms with E-state index in [2.05, 4.69) is 11.4 Å². The van der Waals surface area contributed by atoms with Gasteiger partial charge in [-0.05, 0) is 55.5 Å². The zero-order valence-electron chi connectivity index (χ0n) is 21.0. The molecule has 2 heterocycles. The van der Waals surface area contributed by atoms with E-state index in [1.807, 2.05) is 47.1 Å². The van der Waals surface area contributed by atoms with Crippen molar-refractivity contribution in [1.82, 2.24) is 9.97 Å². The Labute approximate surface area is 220 Å². The van der Waals surface area contributed by atoms with Crippen LogP contribution in [0.25, 0.3) is 11.0 Å². The number of hydrogen-bond donors (Lipinski definition) is 1. The summed E-state index contributed by atoms with van der Waals surface area (Å²) in [4.78, 5) is 26.9. The molecular weight excluding hydrogens is 483 g/mol. The zero-order valence-corrected chi connectivity index (χ0v) is 21.0. The number of hydrogen-bond acceptors (Lipinski definition) is 7. The van der Waals surface area contributed by atoms with E-state index in [9.17, 15) is 14.4 Å². The van der Waals surface area contributed by atoms with E-state index in [1.54, 1.807) is 36.4 Å². The molecule has 0 spiro atoms. The number of fused-ring (bicyclic) bond motifs is 1. The van der Waals surface area contributed by atoms with Gasteiger partial charge in [0.25, 0.3) is 0 Å². The summed E-state index contributed by atoms with van der Waals surface area (Å²) in [7, 11) is 0. The molecule has 1 atom stereocenters. The Morgan fingerprint density at radius 2 is 1.61 bits per heavy atom. The molecule has 9 heteroatoms. The molecule has 1 unspecified atom stereocenters. The predicted octanol–water partition coefficient (Wildman–Crippen LogP) is 4.74. The second-order valence-corrected chi connectivity index (χ2v) is 8.86. The molecule has 1 aromatic heterocycles. The summed E-state index contributed by atoms with van der Waals surface area (Å²) >= 11 is 0. The first-order valence-corrected chi connectivity index (χ1v) is 12.5. The molecule has 1 fully saturated rings. The molecular formula is C29H27FN6O2. The van der Waals surface area contributed by atoms with Crippen molar-refractivity contribution in [1.29, 1.82) is 5.26 Å². The first-order chi connectivity index (χ1) is 18.6. The summed E-state index contributed by atoms with van der Waals surface area (Å²) in [5.41, 5.74) is 2.68. The maximum atomic E-state index is 14.3. The van der Waals surface area contributed by atoms with Crippen molar-refractivity contribution in [3.8, 4) is 11.8 Å². The van der Waals surface area contributed by atoms with Crippen LogP contribution in [-0.2, 0) is 4.79 Å². The third-order valence-corrected chi connectivity index (χ3v) is 6.45. The number of amides is 1. The van der Waals surface area contributed by atoms with Crippen molar-refractivity contribution in [3.05, 3.63) is 84.3 Å². The molecule has 0 bridgehead atoms. The van der Waals surface area contributed by atoms with E-state index in [0.717, 1.165) is 0 Å². The molecule has 0 radical (unpaired) electrons. The smallest absolute Gasteiger partial charge is 0.248 e. The number of piperazine rings is 1. The van der Waals surface area contributed by atoms with Crippen LogP contribution in [0.2, 0.25) is 0 Å². The maximum absolute atomic E-state index is 14.3. The number of carbonyl (C=O) groups is 1. The third kappa shape index (κ3) is 5.20. The number of ether oxygens (including phenoxy) is 1. The average Bonchev–Trinajstić information content (AvgIpc) is 2.95. The van der Waals surface area contributed by atoms with Crippen LogP contribution < -0.4 is 19.9 Å². The lowest BCUT2D eigenvalue weighted by molar-refractivity contribution is -0.116. The van der Waals surface area contributed by atoms with Crippen LogP contribution in [0.3, 0.4) is 0 Å². The topological polar surface area (TPSA) is 94.4 Å². The molecule has 1 saturated heterocycles. The molecule has 5 rings (SSSR count). The summed E-state index contributed by atoms with van der Waals surface area (Å²) in [6.07, 6.45) is 0. The van der Waals surface area contributed by atoms with Crippen LogP contribution in [-0.4, -0.2) is 48.7 Å². The normalized spacial score (nSPS) is 14.1. The average molecular weight is 511 g/mol. The lowest BCUT2D eigenvalue weighted by Gasteiger charge is -2.37. The summed E-state index contributed by atoms with van der Waals surface area (Å²) in [6.45, 7) is 4.63. The number of nitrogens with one attached hydrogen (secondary N) is 1. The fourth-order valence-corrected chi connectivity index (χ4v) is 4.56. The van der Waals surface area contributed by atoms with Gasteiger partial charge in [-0.15, -0.1) is 0 Å². The molecule has 4 aromatic rings. The van der Waals surface area contributed by atoms with E-state index in [4.69, 9.17) is 14.7 Å². The van der Waals surface area contributed by atoms with Crippen molar-refractivity contribution < 1.29 is 13.9 Å². The Kier molecular flexibility index (Phi) is 7.31. The van der Waals surface area contributed by atoms with E-state index in [-0.39, 0.29) is 5.82 Å². The monoisotopic (exact) mass is 510 g/mol. The number of nitriles is 1. The SMILES string of the molecule is CCOc1ccc(NC(=O)C(C#N)c2nc3ccccc3nc2N2CCN(c3ccccc3F)CC2)cc1. The van der Waals surface area contributed by atoms with E-state index in [0.29, 0.717) is 72.5 Å². The molecule has 1 aliphatic rings. The number of aromatic nitrogens is 2. The lowest BCUT2D eigenvalue weighted by Crippen LogP contribution is -2.47. The van der Waals surface area contributed by atoms with Gasteiger partial charge in [-0.3, -0.25) is 4.79 Å². The summed E-state index contributed by atoms with van der Waals surface area (Å²) < 4.78 is 19.8. The Balaban J connectivity index is 1.42. The molecule has 1 amide bonds. The van der Waals surface area contributed by atoms with Crippen LogP contribution in [0.4, 0.5) is 21.6 Å². The number of carbonyl (C=O) groups excluding carboxylic acids is 1. The molecule has 1 aliphatic heterocycles. The first-order valence-electron chi connectivity index (χ1n) is 12.5. The largest absolute Gasteiger partial charge is 0.494 e. The van der Waals surface area contributed by atoms with Gasteiger partial charge in [-0.25, -0.2) is 14.4 Å². The first kappa shape index (κ1) is 25.0. The van der Waals surface area contributed by atoms with Crippen LogP contribution in [0.5, 0.6) is 5.75 Å². The Morgan fingerprint density at radius 3 is 2.26 bits per heavy atom. The molecule has 38 heavy (non-hydrogen) atoms. The van der Waals surface area contributed by atoms with Crippen molar-refractivity contribution in [2.45, 2.75) is 12.8 Å². The number of anilines is 3. The van der Waals surface area contributed by atoms with Crippen molar-refractivity contribution >= 4 is 34.1 Å². The van der Waals surface area contributed by atoms with Gasteiger partial charge in [-0.1, -0.05) is 24.3 Å². The standard InChI is InChI=1S/C29H27FN6O2/c1-2-38-21-13-11-20(12-14-21)32-29(37)22(19-31)27-28(34-25-9-5-4-8-24(25)33-27)36-17-15-35(16-18-36)26-10-6-3-7-23(26)30/h3-14,22H,2,15-18H2,1H3,(H,32,37). The van der Waals surface area contributed by atoms with E-state index in [1.165, 1.54) is 6.07 Å². The summed E-state index contributed by atoms with van der Waals surface area (Å²) in [5, 5.41) is 12.9. The minimum atomic E-state index is -1.18. The van der Waals surface area contributed by atoms with Gasteiger partial charge in [0, 0.05) is 31.9 Å². The maximum Gasteiger partial charge on any atom is 0.248 e.